The molecule has 3 rings (SSSR count). The van der Waals surface area contributed by atoms with Crippen LogP contribution in [0.1, 0.15) is 33.6 Å². The maximum Gasteiger partial charge on any atom is 0.254 e. The summed E-state index contributed by atoms with van der Waals surface area (Å²) in [4.78, 5) is 15.6. The van der Waals surface area contributed by atoms with Crippen LogP contribution in [0.25, 0.3) is 0 Å². The van der Waals surface area contributed by atoms with Crippen molar-refractivity contribution >= 4 is 27.3 Å². The third-order valence-electron chi connectivity index (χ3n) is 3.97. The van der Waals surface area contributed by atoms with Crippen molar-refractivity contribution in [1.82, 2.24) is 9.62 Å². The lowest BCUT2D eigenvalue weighted by molar-refractivity contribution is 0.0785. The van der Waals surface area contributed by atoms with Gasteiger partial charge in [0.1, 0.15) is 0 Å². The molecule has 1 aromatic heterocycles. The Kier molecular flexibility index (Phi) is 4.76. The molecule has 0 unspecified atom stereocenters. The lowest BCUT2D eigenvalue weighted by Gasteiger charge is -2.18. The van der Waals surface area contributed by atoms with Crippen molar-refractivity contribution < 1.29 is 13.2 Å². The van der Waals surface area contributed by atoms with Crippen LogP contribution >= 0.6 is 11.3 Å². The highest BCUT2D eigenvalue weighted by molar-refractivity contribution is 7.89. The fourth-order valence-electron chi connectivity index (χ4n) is 2.40. The van der Waals surface area contributed by atoms with E-state index in [-0.39, 0.29) is 16.8 Å². The van der Waals surface area contributed by atoms with Gasteiger partial charge >= 0.3 is 0 Å². The van der Waals surface area contributed by atoms with E-state index in [1.54, 1.807) is 35.4 Å². The van der Waals surface area contributed by atoms with Crippen molar-refractivity contribution in [3.05, 3.63) is 51.7 Å². The maximum atomic E-state index is 12.7. The quantitative estimate of drug-likeness (QED) is 0.857. The first-order chi connectivity index (χ1) is 11.4. The van der Waals surface area contributed by atoms with Gasteiger partial charge in [-0.1, -0.05) is 12.1 Å². The average Bonchev–Trinajstić information content (AvgIpc) is 3.18. The number of amides is 1. The minimum atomic E-state index is -3.56. The molecule has 1 heterocycles. The molecule has 1 N–H and O–H groups in total. The van der Waals surface area contributed by atoms with Gasteiger partial charge in [-0.15, -0.1) is 11.3 Å². The number of hydrogen-bond acceptors (Lipinski definition) is 4. The van der Waals surface area contributed by atoms with E-state index in [0.717, 1.165) is 23.3 Å². The van der Waals surface area contributed by atoms with E-state index in [4.69, 9.17) is 0 Å². The molecule has 24 heavy (non-hydrogen) atoms. The molecule has 0 spiro atoms. The van der Waals surface area contributed by atoms with Crippen molar-refractivity contribution in [2.75, 3.05) is 7.05 Å². The largest absolute Gasteiger partial charge is 0.337 e. The Morgan fingerprint density at radius 3 is 2.71 bits per heavy atom. The third-order valence-corrected chi connectivity index (χ3v) is 6.35. The highest BCUT2D eigenvalue weighted by Crippen LogP contribution is 2.24. The molecule has 2 aromatic rings. The van der Waals surface area contributed by atoms with Crippen LogP contribution in [0.2, 0.25) is 0 Å². The van der Waals surface area contributed by atoms with E-state index in [2.05, 4.69) is 4.72 Å². The highest BCUT2D eigenvalue weighted by Gasteiger charge is 2.28. The van der Waals surface area contributed by atoms with Crippen molar-refractivity contribution in [2.24, 2.45) is 0 Å². The molecule has 5 nitrogen and oxygen atoms in total. The molecule has 0 aliphatic heterocycles. The Balaban J connectivity index is 1.83. The summed E-state index contributed by atoms with van der Waals surface area (Å²) in [5, 5.41) is 1.97. The molecule has 0 saturated heterocycles. The number of hydrogen-bond donors (Lipinski definition) is 1. The van der Waals surface area contributed by atoms with Crippen LogP contribution in [0, 0.1) is 6.92 Å². The summed E-state index contributed by atoms with van der Waals surface area (Å²) in [5.74, 6) is -0.177. The Labute approximate surface area is 146 Å². The first kappa shape index (κ1) is 17.1. The van der Waals surface area contributed by atoms with Gasteiger partial charge in [-0.2, -0.15) is 0 Å². The van der Waals surface area contributed by atoms with Gasteiger partial charge in [0.05, 0.1) is 11.4 Å². The number of thiophene rings is 1. The van der Waals surface area contributed by atoms with Crippen LogP contribution in [0.5, 0.6) is 0 Å². The molecule has 7 heteroatoms. The van der Waals surface area contributed by atoms with Gasteiger partial charge < -0.3 is 4.90 Å². The second-order valence-electron chi connectivity index (χ2n) is 6.11. The fourth-order valence-corrected chi connectivity index (χ4v) is 4.49. The molecule has 0 atom stereocenters. The van der Waals surface area contributed by atoms with Gasteiger partial charge in [0.15, 0.2) is 0 Å². The normalized spacial score (nSPS) is 14.6. The maximum absolute atomic E-state index is 12.7. The number of sulfonamides is 1. The fraction of sp³-hybridized carbons (Fsp3) is 0.353. The smallest absolute Gasteiger partial charge is 0.254 e. The van der Waals surface area contributed by atoms with Crippen molar-refractivity contribution in [2.45, 2.75) is 37.2 Å². The Hall–Kier alpha value is -1.70. The third kappa shape index (κ3) is 3.85. The number of nitrogens with zero attached hydrogens (tertiary/aromatic N) is 1. The standard InChI is InChI=1S/C17H20N2O3S2/c1-12-5-8-15(24(21,22)18-13-6-7-13)10-16(12)17(20)19(2)11-14-4-3-9-23-14/h3-5,8-10,13,18H,6-7,11H2,1-2H3. The SMILES string of the molecule is Cc1ccc(S(=O)(=O)NC2CC2)cc1C(=O)N(C)Cc1cccs1. The van der Waals surface area contributed by atoms with Gasteiger partial charge in [0.2, 0.25) is 10.0 Å². The van der Waals surface area contributed by atoms with Crippen molar-refractivity contribution in [3.8, 4) is 0 Å². The summed E-state index contributed by atoms with van der Waals surface area (Å²) < 4.78 is 27.4. The summed E-state index contributed by atoms with van der Waals surface area (Å²) in [5.41, 5.74) is 1.19. The van der Waals surface area contributed by atoms with Crippen LogP contribution in [0.4, 0.5) is 0 Å². The average molecular weight is 364 g/mol. The molecule has 1 saturated carbocycles. The monoisotopic (exact) mass is 364 g/mol. The lowest BCUT2D eigenvalue weighted by atomic mass is 10.1. The van der Waals surface area contributed by atoms with Crippen molar-refractivity contribution in [1.29, 1.82) is 0 Å². The van der Waals surface area contributed by atoms with Crippen LogP contribution < -0.4 is 4.72 Å². The van der Waals surface area contributed by atoms with Crippen LogP contribution in [-0.4, -0.2) is 32.3 Å². The van der Waals surface area contributed by atoms with Gasteiger partial charge in [-0.05, 0) is 48.9 Å². The van der Waals surface area contributed by atoms with Crippen LogP contribution in [0.15, 0.2) is 40.6 Å². The van der Waals surface area contributed by atoms with E-state index in [9.17, 15) is 13.2 Å². The second kappa shape index (κ2) is 6.66. The van der Waals surface area contributed by atoms with E-state index in [1.165, 1.54) is 6.07 Å². The first-order valence-electron chi connectivity index (χ1n) is 7.77. The summed E-state index contributed by atoms with van der Waals surface area (Å²) in [6.45, 7) is 2.32. The lowest BCUT2D eigenvalue weighted by Crippen LogP contribution is -2.28. The van der Waals surface area contributed by atoms with Gasteiger partial charge in [-0.3, -0.25) is 4.79 Å². The van der Waals surface area contributed by atoms with Crippen LogP contribution in [-0.2, 0) is 16.6 Å². The number of rotatable bonds is 6. The number of carbonyl (C=O) groups excluding carboxylic acids is 1. The molecule has 0 radical (unpaired) electrons. The summed E-state index contributed by atoms with van der Waals surface area (Å²) >= 11 is 1.59. The highest BCUT2D eigenvalue weighted by atomic mass is 32.2. The Morgan fingerprint density at radius 1 is 1.33 bits per heavy atom. The minimum absolute atomic E-state index is 0.0388. The first-order valence-corrected chi connectivity index (χ1v) is 10.1. The van der Waals surface area contributed by atoms with E-state index < -0.39 is 10.0 Å². The zero-order valence-electron chi connectivity index (χ0n) is 13.7. The Morgan fingerprint density at radius 2 is 2.08 bits per heavy atom. The topological polar surface area (TPSA) is 66.5 Å². The predicted molar refractivity (Wildman–Crippen MR) is 94.6 cm³/mol. The molecular formula is C17H20N2O3S2. The number of nitrogens with one attached hydrogen (secondary N) is 1. The molecule has 1 amide bonds. The second-order valence-corrected chi connectivity index (χ2v) is 8.86. The summed E-state index contributed by atoms with van der Waals surface area (Å²) in [6, 6.07) is 8.68. The van der Waals surface area contributed by atoms with Gasteiger partial charge in [0, 0.05) is 23.5 Å². The predicted octanol–water partition coefficient (Wildman–Crippen LogP) is 2.77. The number of carbonyl (C=O) groups is 1. The zero-order valence-corrected chi connectivity index (χ0v) is 15.3. The van der Waals surface area contributed by atoms with E-state index >= 15 is 0 Å². The van der Waals surface area contributed by atoms with Gasteiger partial charge in [-0.25, -0.2) is 13.1 Å². The molecule has 1 aromatic carbocycles. The molecule has 1 aliphatic carbocycles. The van der Waals surface area contributed by atoms with E-state index in [1.807, 2.05) is 24.4 Å². The molecular weight excluding hydrogens is 344 g/mol. The number of benzene rings is 1. The number of aryl methyl sites for hydroxylation is 1. The van der Waals surface area contributed by atoms with Gasteiger partial charge in [0.25, 0.3) is 5.91 Å². The molecule has 128 valence electrons. The minimum Gasteiger partial charge on any atom is -0.337 e. The van der Waals surface area contributed by atoms with Crippen LogP contribution in [0.3, 0.4) is 0 Å². The zero-order chi connectivity index (χ0) is 17.3. The van der Waals surface area contributed by atoms with Crippen molar-refractivity contribution in [3.63, 3.8) is 0 Å². The molecule has 1 fully saturated rings. The summed E-state index contributed by atoms with van der Waals surface area (Å²) in [7, 11) is -1.84. The molecule has 1 aliphatic rings. The summed E-state index contributed by atoms with van der Waals surface area (Å²) in [6.07, 6.45) is 1.75. The van der Waals surface area contributed by atoms with E-state index in [0.29, 0.717) is 12.1 Å². The Bertz CT molecular complexity index is 841. The molecule has 0 bridgehead atoms.